The van der Waals surface area contributed by atoms with E-state index in [2.05, 4.69) is 41.4 Å². The number of ether oxygens (including phenoxy) is 3. The first-order valence-electron chi connectivity index (χ1n) is 14.7. The summed E-state index contributed by atoms with van der Waals surface area (Å²) in [6.45, 7) is 7.01. The third-order valence-corrected chi connectivity index (χ3v) is 9.35. The van der Waals surface area contributed by atoms with Crippen LogP contribution in [0.25, 0.3) is 5.76 Å². The lowest BCUT2D eigenvalue weighted by Crippen LogP contribution is -2.29. The largest absolute Gasteiger partial charge is 0.507 e. The Morgan fingerprint density at radius 1 is 0.978 bits per heavy atom. The minimum atomic E-state index is -0.988. The molecule has 1 aromatic heterocycles. The number of aryl methyl sites for hydroxylation is 1. The van der Waals surface area contributed by atoms with E-state index in [0.29, 0.717) is 51.7 Å². The Morgan fingerprint density at radius 2 is 1.73 bits per heavy atom. The first-order chi connectivity index (χ1) is 21.8. The summed E-state index contributed by atoms with van der Waals surface area (Å²) in [5.41, 5.74) is 3.17. The molecule has 11 heteroatoms. The van der Waals surface area contributed by atoms with Crippen molar-refractivity contribution in [1.82, 2.24) is 10.2 Å². The van der Waals surface area contributed by atoms with Crippen LogP contribution >= 0.6 is 23.1 Å². The molecule has 4 aromatic rings. The van der Waals surface area contributed by atoms with Crippen molar-refractivity contribution in [3.63, 3.8) is 0 Å². The van der Waals surface area contributed by atoms with Gasteiger partial charge in [0.1, 0.15) is 11.5 Å². The number of ketones is 1. The quantitative estimate of drug-likeness (QED) is 0.0398. The van der Waals surface area contributed by atoms with Crippen LogP contribution in [-0.4, -0.2) is 47.3 Å². The lowest BCUT2D eigenvalue weighted by molar-refractivity contribution is -0.132. The standard InChI is InChI=1S/C34H35N3O6S2/c1-5-7-18-43-25-15-12-23(13-16-25)30(38)28-29(24-14-17-26(42-6-2)27(19-24)41-4)37(32(40)31(28)39)33-35-36-34(45-33)44-20-22-10-8-21(3)9-11-22/h8-17,19,29,38H,5-7,18,20H2,1-4H3. The van der Waals surface area contributed by atoms with Crippen LogP contribution in [0.1, 0.15) is 55.0 Å². The molecule has 45 heavy (non-hydrogen) atoms. The van der Waals surface area contributed by atoms with Crippen LogP contribution in [0.2, 0.25) is 0 Å². The second-order valence-corrected chi connectivity index (χ2v) is 12.5. The Balaban J connectivity index is 1.53. The summed E-state index contributed by atoms with van der Waals surface area (Å²) >= 11 is 2.71. The molecule has 1 unspecified atom stereocenters. The molecule has 1 atom stereocenters. The molecule has 234 valence electrons. The highest BCUT2D eigenvalue weighted by atomic mass is 32.2. The van der Waals surface area contributed by atoms with Crippen molar-refractivity contribution in [1.29, 1.82) is 0 Å². The molecular weight excluding hydrogens is 611 g/mol. The van der Waals surface area contributed by atoms with Gasteiger partial charge in [-0.2, -0.15) is 0 Å². The lowest BCUT2D eigenvalue weighted by Gasteiger charge is -2.23. The van der Waals surface area contributed by atoms with Gasteiger partial charge >= 0.3 is 5.91 Å². The number of carbonyl (C=O) groups excluding carboxylic acids is 2. The number of benzene rings is 3. The molecule has 0 aliphatic carbocycles. The Hall–Kier alpha value is -4.35. The Labute approximate surface area is 270 Å². The number of hydrogen-bond acceptors (Lipinski definition) is 10. The Kier molecular flexibility index (Phi) is 10.4. The topological polar surface area (TPSA) is 111 Å². The average Bonchev–Trinajstić information content (AvgIpc) is 3.63. The number of aliphatic hydroxyl groups is 1. The number of carbonyl (C=O) groups is 2. The van der Waals surface area contributed by atoms with E-state index in [9.17, 15) is 14.7 Å². The molecule has 2 heterocycles. The number of anilines is 1. The van der Waals surface area contributed by atoms with Gasteiger partial charge in [-0.1, -0.05) is 72.3 Å². The van der Waals surface area contributed by atoms with Gasteiger partial charge in [-0.3, -0.25) is 14.5 Å². The minimum Gasteiger partial charge on any atom is -0.507 e. The number of nitrogens with zero attached hydrogens (tertiary/aromatic N) is 3. The zero-order chi connectivity index (χ0) is 31.9. The molecule has 1 aliphatic rings. The van der Waals surface area contributed by atoms with Crippen molar-refractivity contribution in [2.45, 2.75) is 49.7 Å². The monoisotopic (exact) mass is 645 g/mol. The number of rotatable bonds is 13. The summed E-state index contributed by atoms with van der Waals surface area (Å²) in [7, 11) is 1.52. The number of hydrogen-bond donors (Lipinski definition) is 1. The number of thioether (sulfide) groups is 1. The summed E-state index contributed by atoms with van der Waals surface area (Å²) < 4.78 is 17.7. The van der Waals surface area contributed by atoms with Gasteiger partial charge in [0.25, 0.3) is 5.78 Å². The maximum absolute atomic E-state index is 13.7. The highest BCUT2D eigenvalue weighted by Crippen LogP contribution is 2.45. The van der Waals surface area contributed by atoms with Gasteiger partial charge in [-0.25, -0.2) is 0 Å². The molecule has 0 saturated carbocycles. The number of Topliss-reactive ketones (excluding diaryl/α,β-unsaturated/α-hetero) is 1. The van der Waals surface area contributed by atoms with Crippen LogP contribution < -0.4 is 19.1 Å². The predicted octanol–water partition coefficient (Wildman–Crippen LogP) is 7.35. The fraction of sp³-hybridized carbons (Fsp3) is 0.294. The highest BCUT2D eigenvalue weighted by molar-refractivity contribution is 8.00. The lowest BCUT2D eigenvalue weighted by atomic mass is 9.95. The summed E-state index contributed by atoms with van der Waals surface area (Å²) in [4.78, 5) is 28.6. The van der Waals surface area contributed by atoms with E-state index in [0.717, 1.165) is 18.4 Å². The molecule has 5 rings (SSSR count). The van der Waals surface area contributed by atoms with Crippen molar-refractivity contribution in [3.8, 4) is 17.2 Å². The van der Waals surface area contributed by atoms with E-state index in [4.69, 9.17) is 14.2 Å². The fourth-order valence-corrected chi connectivity index (χ4v) is 6.68. The maximum Gasteiger partial charge on any atom is 0.301 e. The van der Waals surface area contributed by atoms with E-state index in [-0.39, 0.29) is 16.5 Å². The van der Waals surface area contributed by atoms with E-state index in [1.165, 1.54) is 40.7 Å². The van der Waals surface area contributed by atoms with Gasteiger partial charge in [-0.05, 0) is 67.8 Å². The molecule has 0 spiro atoms. The molecule has 1 N–H and O–H groups in total. The summed E-state index contributed by atoms with van der Waals surface area (Å²) in [6, 6.07) is 19.2. The van der Waals surface area contributed by atoms with Gasteiger partial charge in [0.05, 0.1) is 31.9 Å². The first kappa shape index (κ1) is 32.1. The van der Waals surface area contributed by atoms with E-state index in [1.54, 1.807) is 42.5 Å². The number of aliphatic hydroxyl groups excluding tert-OH is 1. The highest BCUT2D eigenvalue weighted by Gasteiger charge is 2.48. The predicted molar refractivity (Wildman–Crippen MR) is 176 cm³/mol. The maximum atomic E-state index is 13.7. The van der Waals surface area contributed by atoms with Crippen molar-refractivity contribution < 1.29 is 28.9 Å². The fourth-order valence-electron chi connectivity index (χ4n) is 4.86. The third kappa shape index (κ3) is 7.15. The second kappa shape index (κ2) is 14.6. The molecular formula is C34H35N3O6S2. The second-order valence-electron chi connectivity index (χ2n) is 10.4. The number of aromatic nitrogens is 2. The molecule has 1 amide bonds. The molecule has 9 nitrogen and oxygen atoms in total. The van der Waals surface area contributed by atoms with E-state index in [1.807, 2.05) is 13.8 Å². The van der Waals surface area contributed by atoms with Crippen LogP contribution in [0.15, 0.2) is 76.6 Å². The molecule has 1 saturated heterocycles. The SMILES string of the molecule is CCCCOc1ccc(C(O)=C2C(=O)C(=O)N(c3nnc(SCc4ccc(C)cc4)s3)C2c2ccc(OCC)c(OC)c2)cc1. The number of amides is 1. The van der Waals surface area contributed by atoms with E-state index < -0.39 is 17.7 Å². The van der Waals surface area contributed by atoms with Gasteiger partial charge in [0.15, 0.2) is 15.8 Å². The van der Waals surface area contributed by atoms with Crippen molar-refractivity contribution in [3.05, 3.63) is 94.6 Å². The van der Waals surface area contributed by atoms with Crippen molar-refractivity contribution in [2.24, 2.45) is 0 Å². The zero-order valence-corrected chi connectivity index (χ0v) is 27.2. The van der Waals surface area contributed by atoms with Gasteiger partial charge < -0.3 is 19.3 Å². The van der Waals surface area contributed by atoms with Crippen LogP contribution in [0.5, 0.6) is 17.2 Å². The van der Waals surface area contributed by atoms with Gasteiger partial charge in [-0.15, -0.1) is 10.2 Å². The molecule has 0 bridgehead atoms. The Morgan fingerprint density at radius 3 is 2.42 bits per heavy atom. The molecule has 0 radical (unpaired) electrons. The normalized spacial score (nSPS) is 15.8. The molecule has 1 fully saturated rings. The minimum absolute atomic E-state index is 0.0603. The zero-order valence-electron chi connectivity index (χ0n) is 25.6. The van der Waals surface area contributed by atoms with Gasteiger partial charge in [0.2, 0.25) is 5.13 Å². The summed E-state index contributed by atoms with van der Waals surface area (Å²) in [6.07, 6.45) is 1.94. The average molecular weight is 646 g/mol. The van der Waals surface area contributed by atoms with Crippen molar-refractivity contribution in [2.75, 3.05) is 25.2 Å². The third-order valence-electron chi connectivity index (χ3n) is 7.23. The molecule has 1 aliphatic heterocycles. The van der Waals surface area contributed by atoms with Crippen LogP contribution in [0, 0.1) is 6.92 Å². The summed E-state index contributed by atoms with van der Waals surface area (Å²) in [5.74, 6) is 0.346. The van der Waals surface area contributed by atoms with E-state index >= 15 is 0 Å². The number of methoxy groups -OCH3 is 1. The van der Waals surface area contributed by atoms with Crippen molar-refractivity contribution >= 4 is 45.7 Å². The van der Waals surface area contributed by atoms with Crippen LogP contribution in [0.4, 0.5) is 5.13 Å². The van der Waals surface area contributed by atoms with Gasteiger partial charge in [0, 0.05) is 11.3 Å². The smallest absolute Gasteiger partial charge is 0.301 e. The van der Waals surface area contributed by atoms with Crippen LogP contribution in [-0.2, 0) is 15.3 Å². The Bertz CT molecular complexity index is 1690. The number of unbranched alkanes of at least 4 members (excludes halogenated alkanes) is 1. The first-order valence-corrected chi connectivity index (χ1v) is 16.5. The van der Waals surface area contributed by atoms with Crippen LogP contribution in [0.3, 0.4) is 0 Å². The summed E-state index contributed by atoms with van der Waals surface area (Å²) in [5, 5.41) is 20.4. The molecule has 3 aromatic carbocycles.